The second-order valence-corrected chi connectivity index (χ2v) is 7.78. The first-order chi connectivity index (χ1) is 15.2. The monoisotopic (exact) mass is 431 g/mol. The van der Waals surface area contributed by atoms with Crippen molar-refractivity contribution in [1.82, 2.24) is 10.3 Å². The highest BCUT2D eigenvalue weighted by Crippen LogP contribution is 2.29. The van der Waals surface area contributed by atoms with Gasteiger partial charge in [-0.3, -0.25) is 4.98 Å². The van der Waals surface area contributed by atoms with E-state index >= 15 is 0 Å². The molecule has 3 aromatic carbocycles. The maximum absolute atomic E-state index is 9.63. The molecule has 0 saturated heterocycles. The second kappa shape index (κ2) is 12.2. The third-order valence-electron chi connectivity index (χ3n) is 4.85. The molecule has 0 aliphatic heterocycles. The number of pyridine rings is 1. The summed E-state index contributed by atoms with van der Waals surface area (Å²) < 4.78 is 0. The Kier molecular flexibility index (Phi) is 9.06. The summed E-state index contributed by atoms with van der Waals surface area (Å²) in [5.74, 6) is 0. The van der Waals surface area contributed by atoms with E-state index in [9.17, 15) is 5.11 Å². The van der Waals surface area contributed by atoms with Gasteiger partial charge in [0.1, 0.15) is 0 Å². The molecule has 0 aliphatic carbocycles. The van der Waals surface area contributed by atoms with Crippen molar-refractivity contribution < 1.29 is 5.11 Å². The van der Waals surface area contributed by atoms with Gasteiger partial charge in [-0.25, -0.2) is 0 Å². The number of aromatic nitrogens is 1. The summed E-state index contributed by atoms with van der Waals surface area (Å²) in [5.41, 5.74) is 8.86. The van der Waals surface area contributed by atoms with Gasteiger partial charge in [0.15, 0.2) is 0 Å². The van der Waals surface area contributed by atoms with Gasteiger partial charge in [-0.1, -0.05) is 60.7 Å². The number of rotatable bonds is 7. The Hall–Kier alpha value is -2.70. The molecule has 0 radical (unpaired) electrons. The normalized spacial score (nSPS) is 11.6. The average molecular weight is 432 g/mol. The smallest absolute Gasteiger partial charge is 0.0704 e. The number of aliphatic hydroxyl groups is 1. The molecule has 1 unspecified atom stereocenters. The van der Waals surface area contributed by atoms with E-state index in [0.29, 0.717) is 19.5 Å². The predicted molar refractivity (Wildman–Crippen MR) is 133 cm³/mol. The van der Waals surface area contributed by atoms with Crippen molar-refractivity contribution in [3.8, 4) is 11.1 Å². The molecule has 5 heteroatoms. The number of hydrogen-bond acceptors (Lipinski definition) is 5. The lowest BCUT2D eigenvalue weighted by molar-refractivity contribution is 0.172. The Bertz CT molecular complexity index is 1060. The molecule has 1 aromatic heterocycles. The SMILES string of the molecule is NCCNCC(O)Cc1ccccc1.Sc1cc(-c2ccccc2)cc2cnccc12. The lowest BCUT2D eigenvalue weighted by Crippen LogP contribution is -2.31. The van der Waals surface area contributed by atoms with Crippen LogP contribution in [0.5, 0.6) is 0 Å². The van der Waals surface area contributed by atoms with E-state index < -0.39 is 0 Å². The molecule has 1 heterocycles. The van der Waals surface area contributed by atoms with E-state index in [1.54, 1.807) is 6.20 Å². The molecule has 1 atom stereocenters. The van der Waals surface area contributed by atoms with Crippen LogP contribution in [0, 0.1) is 0 Å². The summed E-state index contributed by atoms with van der Waals surface area (Å²) in [6, 6.07) is 26.5. The minimum absolute atomic E-state index is 0.330. The molecule has 160 valence electrons. The summed E-state index contributed by atoms with van der Waals surface area (Å²) >= 11 is 4.54. The van der Waals surface area contributed by atoms with E-state index in [-0.39, 0.29) is 6.10 Å². The number of thiol groups is 1. The van der Waals surface area contributed by atoms with Gasteiger partial charge in [0.05, 0.1) is 6.10 Å². The van der Waals surface area contributed by atoms with Crippen molar-refractivity contribution in [1.29, 1.82) is 0 Å². The van der Waals surface area contributed by atoms with E-state index in [4.69, 9.17) is 5.73 Å². The van der Waals surface area contributed by atoms with E-state index in [0.717, 1.165) is 27.8 Å². The van der Waals surface area contributed by atoms with Gasteiger partial charge < -0.3 is 16.2 Å². The van der Waals surface area contributed by atoms with E-state index in [2.05, 4.69) is 47.2 Å². The minimum atomic E-state index is -0.330. The Morgan fingerprint density at radius 1 is 0.935 bits per heavy atom. The summed E-state index contributed by atoms with van der Waals surface area (Å²) in [5, 5.41) is 15.0. The summed E-state index contributed by atoms with van der Waals surface area (Å²) in [6.07, 6.45) is 4.04. The maximum Gasteiger partial charge on any atom is 0.0704 e. The number of aliphatic hydroxyl groups excluding tert-OH is 1. The quantitative estimate of drug-likeness (QED) is 0.260. The fourth-order valence-electron chi connectivity index (χ4n) is 3.32. The molecule has 0 fully saturated rings. The Morgan fingerprint density at radius 3 is 2.35 bits per heavy atom. The number of hydrogen-bond donors (Lipinski definition) is 4. The highest BCUT2D eigenvalue weighted by Gasteiger charge is 2.04. The van der Waals surface area contributed by atoms with Crippen molar-refractivity contribution in [2.24, 2.45) is 5.73 Å². The van der Waals surface area contributed by atoms with Crippen LogP contribution in [0.15, 0.2) is 96.2 Å². The summed E-state index contributed by atoms with van der Waals surface area (Å²) in [6.45, 7) is 1.97. The highest BCUT2D eigenvalue weighted by atomic mass is 32.1. The molecule has 0 amide bonds. The molecular weight excluding hydrogens is 402 g/mol. The minimum Gasteiger partial charge on any atom is -0.391 e. The fraction of sp³-hybridized carbons (Fsp3) is 0.192. The van der Waals surface area contributed by atoms with Crippen LogP contribution in [-0.4, -0.2) is 35.8 Å². The third-order valence-corrected chi connectivity index (χ3v) is 5.22. The molecule has 4 nitrogen and oxygen atoms in total. The van der Waals surface area contributed by atoms with Gasteiger partial charge in [-0.05, 0) is 46.7 Å². The van der Waals surface area contributed by atoms with Gasteiger partial charge in [0.25, 0.3) is 0 Å². The number of nitrogens with two attached hydrogens (primary N) is 1. The standard InChI is InChI=1S/C15H11NS.C11H18N2O/c17-15-9-12(11-4-2-1-3-5-11)8-13-10-16-7-6-14(13)15;12-6-7-13-9-11(14)8-10-4-2-1-3-5-10/h1-10,17H;1-5,11,13-14H,6-9,12H2. The van der Waals surface area contributed by atoms with Gasteiger partial charge in [-0.2, -0.15) is 0 Å². The van der Waals surface area contributed by atoms with Crippen LogP contribution < -0.4 is 11.1 Å². The van der Waals surface area contributed by atoms with Crippen molar-refractivity contribution in [2.75, 3.05) is 19.6 Å². The largest absolute Gasteiger partial charge is 0.391 e. The molecule has 4 rings (SSSR count). The van der Waals surface area contributed by atoms with Crippen LogP contribution >= 0.6 is 12.6 Å². The molecule has 31 heavy (non-hydrogen) atoms. The van der Waals surface area contributed by atoms with E-state index in [1.807, 2.05) is 60.8 Å². The summed E-state index contributed by atoms with van der Waals surface area (Å²) in [4.78, 5) is 5.14. The van der Waals surface area contributed by atoms with Crippen LogP contribution in [0.25, 0.3) is 21.9 Å². The topological polar surface area (TPSA) is 71.2 Å². The van der Waals surface area contributed by atoms with Gasteiger partial charge in [-0.15, -0.1) is 12.6 Å². The van der Waals surface area contributed by atoms with Crippen LogP contribution in [-0.2, 0) is 6.42 Å². The number of benzene rings is 3. The highest BCUT2D eigenvalue weighted by molar-refractivity contribution is 7.80. The molecule has 0 bridgehead atoms. The van der Waals surface area contributed by atoms with Crippen molar-refractivity contribution >= 4 is 23.4 Å². The zero-order valence-electron chi connectivity index (χ0n) is 17.5. The molecule has 4 aromatic rings. The Labute approximate surface area is 189 Å². The second-order valence-electron chi connectivity index (χ2n) is 7.29. The zero-order chi connectivity index (χ0) is 21.9. The molecule has 0 saturated carbocycles. The molecular formula is C26H29N3OS. The average Bonchev–Trinajstić information content (AvgIpc) is 2.81. The van der Waals surface area contributed by atoms with Crippen molar-refractivity contribution in [2.45, 2.75) is 17.4 Å². The fourth-order valence-corrected chi connectivity index (χ4v) is 3.66. The predicted octanol–water partition coefficient (Wildman–Crippen LogP) is 4.33. The number of nitrogens with one attached hydrogen (secondary N) is 1. The van der Waals surface area contributed by atoms with Gasteiger partial charge in [0, 0.05) is 42.3 Å². The Balaban J connectivity index is 0.000000180. The lowest BCUT2D eigenvalue weighted by Gasteiger charge is -2.11. The van der Waals surface area contributed by atoms with Crippen LogP contribution in [0.1, 0.15) is 5.56 Å². The first-order valence-corrected chi connectivity index (χ1v) is 10.9. The number of nitrogens with zero attached hydrogens (tertiary/aromatic N) is 1. The van der Waals surface area contributed by atoms with Crippen molar-refractivity contribution in [3.63, 3.8) is 0 Å². The zero-order valence-corrected chi connectivity index (χ0v) is 18.4. The van der Waals surface area contributed by atoms with Crippen molar-refractivity contribution in [3.05, 3.63) is 96.8 Å². The van der Waals surface area contributed by atoms with Crippen LogP contribution in [0.2, 0.25) is 0 Å². The molecule has 0 aliphatic rings. The Morgan fingerprint density at radius 2 is 1.65 bits per heavy atom. The lowest BCUT2D eigenvalue weighted by atomic mass is 10.0. The first-order valence-electron chi connectivity index (χ1n) is 10.4. The number of fused-ring (bicyclic) bond motifs is 1. The van der Waals surface area contributed by atoms with Gasteiger partial charge >= 0.3 is 0 Å². The third kappa shape index (κ3) is 7.19. The van der Waals surface area contributed by atoms with E-state index in [1.165, 1.54) is 11.1 Å². The maximum atomic E-state index is 9.63. The molecule has 0 spiro atoms. The van der Waals surface area contributed by atoms with Crippen LogP contribution in [0.3, 0.4) is 0 Å². The molecule has 4 N–H and O–H groups in total. The van der Waals surface area contributed by atoms with Gasteiger partial charge in [0.2, 0.25) is 0 Å². The summed E-state index contributed by atoms with van der Waals surface area (Å²) in [7, 11) is 0. The first kappa shape index (κ1) is 23.0. The van der Waals surface area contributed by atoms with Crippen LogP contribution in [0.4, 0.5) is 0 Å².